The molecule has 2 nitrogen and oxygen atoms in total. The van der Waals surface area contributed by atoms with Gasteiger partial charge in [0.2, 0.25) is 0 Å². The van der Waals surface area contributed by atoms with Gasteiger partial charge in [-0.1, -0.05) is 86.1 Å². The number of aromatic nitrogens is 2. The molecule has 0 N–H and O–H groups in total. The van der Waals surface area contributed by atoms with E-state index in [0.717, 1.165) is 28.1 Å². The summed E-state index contributed by atoms with van der Waals surface area (Å²) in [5, 5.41) is 0.695. The Morgan fingerprint density at radius 2 is 1.67 bits per heavy atom. The summed E-state index contributed by atoms with van der Waals surface area (Å²) in [5.41, 5.74) is 4.83. The maximum Gasteiger partial charge on any atom is 0.160 e. The van der Waals surface area contributed by atoms with E-state index >= 15 is 0 Å². The predicted molar refractivity (Wildman–Crippen MR) is 116 cm³/mol. The van der Waals surface area contributed by atoms with Gasteiger partial charge in [-0.05, 0) is 36.6 Å². The van der Waals surface area contributed by atoms with Crippen molar-refractivity contribution >= 4 is 17.2 Å². The molecule has 0 aliphatic carbocycles. The number of halogens is 1. The smallest absolute Gasteiger partial charge is 0.160 e. The summed E-state index contributed by atoms with van der Waals surface area (Å²) in [6, 6.07) is 19.9. The zero-order valence-corrected chi connectivity index (χ0v) is 16.6. The third-order valence-corrected chi connectivity index (χ3v) is 4.27. The lowest BCUT2D eigenvalue weighted by atomic mass is 10.0. The maximum absolute atomic E-state index is 6.21. The highest BCUT2D eigenvalue weighted by molar-refractivity contribution is 6.30. The van der Waals surface area contributed by atoms with Crippen LogP contribution in [0.25, 0.3) is 28.2 Å². The topological polar surface area (TPSA) is 25.8 Å². The van der Waals surface area contributed by atoms with Gasteiger partial charge >= 0.3 is 0 Å². The van der Waals surface area contributed by atoms with Crippen molar-refractivity contribution in [2.24, 2.45) is 5.92 Å². The van der Waals surface area contributed by atoms with Gasteiger partial charge in [0.05, 0.1) is 11.4 Å². The second kappa shape index (κ2) is 8.79. The zero-order valence-electron chi connectivity index (χ0n) is 15.9. The summed E-state index contributed by atoms with van der Waals surface area (Å²) in [5.74, 6) is 1.13. The molecule has 0 aliphatic rings. The van der Waals surface area contributed by atoms with Gasteiger partial charge in [0, 0.05) is 16.1 Å². The lowest BCUT2D eigenvalue weighted by Gasteiger charge is -2.11. The molecule has 0 bridgehead atoms. The molecule has 0 saturated heterocycles. The minimum Gasteiger partial charge on any atom is -0.228 e. The second-order valence-electron chi connectivity index (χ2n) is 6.70. The van der Waals surface area contributed by atoms with E-state index in [4.69, 9.17) is 21.6 Å². The van der Waals surface area contributed by atoms with Crippen LogP contribution in [-0.2, 0) is 0 Å². The van der Waals surface area contributed by atoms with Gasteiger partial charge < -0.3 is 0 Å². The lowest BCUT2D eigenvalue weighted by Crippen LogP contribution is -1.98. The van der Waals surface area contributed by atoms with Crippen LogP contribution in [0, 0.1) is 5.92 Å². The molecule has 1 aromatic heterocycles. The molecule has 0 unspecified atom stereocenters. The number of rotatable bonds is 5. The average molecular weight is 375 g/mol. The van der Waals surface area contributed by atoms with Crippen molar-refractivity contribution in [3.8, 4) is 22.6 Å². The molecule has 0 amide bonds. The van der Waals surface area contributed by atoms with Crippen LogP contribution in [0.3, 0.4) is 0 Å². The molecule has 2 aromatic carbocycles. The summed E-state index contributed by atoms with van der Waals surface area (Å²) < 4.78 is 0. The highest BCUT2D eigenvalue weighted by Gasteiger charge is 2.11. The van der Waals surface area contributed by atoms with Gasteiger partial charge in [0.1, 0.15) is 0 Å². The first-order valence-electron chi connectivity index (χ1n) is 9.12. The highest BCUT2D eigenvalue weighted by atomic mass is 35.5. The molecule has 0 radical (unpaired) electrons. The third-order valence-electron chi connectivity index (χ3n) is 4.03. The molecule has 27 heavy (non-hydrogen) atoms. The maximum atomic E-state index is 6.21. The van der Waals surface area contributed by atoms with E-state index < -0.39 is 0 Å². The zero-order chi connectivity index (χ0) is 19.2. The van der Waals surface area contributed by atoms with Crippen LogP contribution < -0.4 is 0 Å². The van der Waals surface area contributed by atoms with E-state index in [2.05, 4.69) is 26.0 Å². The molecule has 0 spiro atoms. The van der Waals surface area contributed by atoms with Crippen LogP contribution >= 0.6 is 11.6 Å². The Morgan fingerprint density at radius 1 is 0.926 bits per heavy atom. The van der Waals surface area contributed by atoms with Crippen LogP contribution in [0.2, 0.25) is 5.02 Å². The first-order valence-corrected chi connectivity index (χ1v) is 9.50. The number of hydrogen-bond acceptors (Lipinski definition) is 2. The number of allylic oxidation sites excluding steroid dienone is 4. The van der Waals surface area contributed by atoms with Crippen molar-refractivity contribution < 1.29 is 0 Å². The minimum atomic E-state index is 0.418. The van der Waals surface area contributed by atoms with E-state index in [-0.39, 0.29) is 0 Å². The molecule has 3 rings (SSSR count). The van der Waals surface area contributed by atoms with Gasteiger partial charge in [-0.15, -0.1) is 0 Å². The van der Waals surface area contributed by atoms with E-state index in [0.29, 0.717) is 16.8 Å². The largest absolute Gasteiger partial charge is 0.228 e. The van der Waals surface area contributed by atoms with Crippen LogP contribution in [-0.4, -0.2) is 9.97 Å². The molecule has 3 aromatic rings. The summed E-state index contributed by atoms with van der Waals surface area (Å²) >= 11 is 6.21. The summed E-state index contributed by atoms with van der Waals surface area (Å²) in [6.07, 6.45) is 6.36. The molecule has 1 heterocycles. The Morgan fingerprint density at radius 3 is 2.33 bits per heavy atom. The predicted octanol–water partition coefficient (Wildman–Crippen LogP) is 7.08. The number of benzene rings is 2. The fraction of sp³-hybridized carbons (Fsp3) is 0.167. The molecule has 0 fully saturated rings. The lowest BCUT2D eigenvalue weighted by molar-refractivity contribution is 0.833. The summed E-state index contributed by atoms with van der Waals surface area (Å²) in [7, 11) is 0. The molecular weight excluding hydrogens is 352 g/mol. The van der Waals surface area contributed by atoms with Crippen LogP contribution in [0.4, 0.5) is 0 Å². The number of nitrogens with zero attached hydrogens (tertiary/aromatic N) is 2. The normalized spacial score (nSPS) is 12.1. The Balaban J connectivity index is 2.22. The van der Waals surface area contributed by atoms with Crippen molar-refractivity contribution in [2.75, 3.05) is 0 Å². The molecule has 0 saturated carbocycles. The van der Waals surface area contributed by atoms with E-state index in [9.17, 15) is 0 Å². The number of hydrogen-bond donors (Lipinski definition) is 0. The van der Waals surface area contributed by atoms with Gasteiger partial charge in [-0.2, -0.15) is 0 Å². The van der Waals surface area contributed by atoms with Crippen molar-refractivity contribution in [2.45, 2.75) is 20.8 Å². The third kappa shape index (κ3) is 4.93. The minimum absolute atomic E-state index is 0.418. The summed E-state index contributed by atoms with van der Waals surface area (Å²) in [4.78, 5) is 9.68. The fourth-order valence-electron chi connectivity index (χ4n) is 2.87. The Labute approximate surface area is 166 Å². The van der Waals surface area contributed by atoms with E-state index in [1.165, 1.54) is 0 Å². The van der Waals surface area contributed by atoms with E-state index in [1.54, 1.807) is 0 Å². The molecule has 136 valence electrons. The van der Waals surface area contributed by atoms with Crippen LogP contribution in [0.1, 0.15) is 26.5 Å². The average Bonchev–Trinajstić information content (AvgIpc) is 2.68. The Bertz CT molecular complexity index is 973. The van der Waals surface area contributed by atoms with Crippen molar-refractivity contribution in [1.29, 1.82) is 0 Å². The van der Waals surface area contributed by atoms with Crippen LogP contribution in [0.15, 0.2) is 78.9 Å². The fourth-order valence-corrected chi connectivity index (χ4v) is 3.06. The first-order chi connectivity index (χ1) is 13.1. The molecule has 0 aliphatic heterocycles. The van der Waals surface area contributed by atoms with Crippen LogP contribution in [0.5, 0.6) is 0 Å². The van der Waals surface area contributed by atoms with Crippen molar-refractivity contribution in [1.82, 2.24) is 9.97 Å². The van der Waals surface area contributed by atoms with Gasteiger partial charge in [0.25, 0.3) is 0 Å². The molecule has 0 atom stereocenters. The van der Waals surface area contributed by atoms with Gasteiger partial charge in [-0.3, -0.25) is 0 Å². The highest BCUT2D eigenvalue weighted by Crippen LogP contribution is 2.28. The Hall–Kier alpha value is -2.71. The second-order valence-corrected chi connectivity index (χ2v) is 7.14. The molecular formula is C24H23ClN2. The Kier molecular flexibility index (Phi) is 6.20. The van der Waals surface area contributed by atoms with Crippen molar-refractivity contribution in [3.63, 3.8) is 0 Å². The quantitative estimate of drug-likeness (QED) is 0.446. The summed E-state index contributed by atoms with van der Waals surface area (Å²) in [6.45, 7) is 6.35. The monoisotopic (exact) mass is 374 g/mol. The first kappa shape index (κ1) is 19.1. The van der Waals surface area contributed by atoms with Crippen molar-refractivity contribution in [3.05, 3.63) is 89.6 Å². The SMILES string of the molecule is C/C=C\C(=C/C(C)C)c1cc(-c2cccc(Cl)c2)nc(-c2ccccc2)n1. The standard InChI is InChI=1S/C24H23ClN2/c1-4-9-19(14-17(2)3)22-16-23(20-12-8-13-21(25)15-20)27-24(26-22)18-10-6-5-7-11-18/h4-17H,1-3H3/b9-4-,19-14+. The van der Waals surface area contributed by atoms with Gasteiger partial charge in [0.15, 0.2) is 5.82 Å². The van der Waals surface area contributed by atoms with Gasteiger partial charge in [-0.25, -0.2) is 9.97 Å². The van der Waals surface area contributed by atoms with E-state index in [1.807, 2.05) is 73.7 Å². The molecule has 3 heteroatoms.